The Balaban J connectivity index is 1.80. The summed E-state index contributed by atoms with van der Waals surface area (Å²) < 4.78 is 13.9. The highest BCUT2D eigenvalue weighted by molar-refractivity contribution is 5.82. The predicted octanol–water partition coefficient (Wildman–Crippen LogP) is 1.10. The molecule has 2 unspecified atom stereocenters. The Hall–Kier alpha value is -1.43. The SMILES string of the molecule is c1ccc2c3n(nc2c1)CCOC3C1CNCCO1. The zero-order chi connectivity index (χ0) is 12.7. The maximum Gasteiger partial charge on any atom is 0.127 e. The summed E-state index contributed by atoms with van der Waals surface area (Å²) in [5.74, 6) is 0. The maximum atomic E-state index is 5.98. The molecule has 0 saturated carbocycles. The molecule has 2 aliphatic rings. The van der Waals surface area contributed by atoms with Gasteiger partial charge in [0, 0.05) is 18.5 Å². The highest BCUT2D eigenvalue weighted by Crippen LogP contribution is 2.33. The van der Waals surface area contributed by atoms with Crippen LogP contribution in [0.5, 0.6) is 0 Å². The van der Waals surface area contributed by atoms with E-state index in [4.69, 9.17) is 9.47 Å². The van der Waals surface area contributed by atoms with E-state index in [9.17, 15) is 0 Å². The number of benzene rings is 1. The minimum absolute atomic E-state index is 0.0195. The summed E-state index contributed by atoms with van der Waals surface area (Å²) in [6.45, 7) is 4.02. The molecule has 2 aliphatic heterocycles. The van der Waals surface area contributed by atoms with Crippen molar-refractivity contribution < 1.29 is 9.47 Å². The molecule has 2 atom stereocenters. The lowest BCUT2D eigenvalue weighted by molar-refractivity contribution is -0.101. The summed E-state index contributed by atoms with van der Waals surface area (Å²) in [6, 6.07) is 8.25. The Labute approximate surface area is 111 Å². The van der Waals surface area contributed by atoms with Crippen molar-refractivity contribution in [2.45, 2.75) is 18.8 Å². The molecular weight excluding hydrogens is 242 g/mol. The topological polar surface area (TPSA) is 48.3 Å². The van der Waals surface area contributed by atoms with E-state index in [0.29, 0.717) is 6.61 Å². The standard InChI is InChI=1S/C14H17N3O2/c1-2-4-11-10(3-1)13-14(12-9-15-5-7-18-12)19-8-6-17(13)16-11/h1-4,12,14-15H,5-9H2. The van der Waals surface area contributed by atoms with Crippen LogP contribution >= 0.6 is 0 Å². The summed E-state index contributed by atoms with van der Waals surface area (Å²) >= 11 is 0. The van der Waals surface area contributed by atoms with E-state index in [1.54, 1.807) is 0 Å². The van der Waals surface area contributed by atoms with Gasteiger partial charge in [0.15, 0.2) is 0 Å². The molecule has 1 saturated heterocycles. The van der Waals surface area contributed by atoms with Crippen LogP contribution in [-0.4, -0.2) is 42.2 Å². The third-order valence-electron chi connectivity index (χ3n) is 3.85. The number of fused-ring (bicyclic) bond motifs is 3. The van der Waals surface area contributed by atoms with Crippen molar-refractivity contribution in [1.29, 1.82) is 0 Å². The molecule has 19 heavy (non-hydrogen) atoms. The Morgan fingerprint density at radius 3 is 3.05 bits per heavy atom. The quantitative estimate of drug-likeness (QED) is 0.833. The smallest absolute Gasteiger partial charge is 0.127 e. The molecule has 0 spiro atoms. The van der Waals surface area contributed by atoms with Crippen LogP contribution in [0.2, 0.25) is 0 Å². The second kappa shape index (κ2) is 4.59. The van der Waals surface area contributed by atoms with Crippen LogP contribution in [0.4, 0.5) is 0 Å². The summed E-state index contributed by atoms with van der Waals surface area (Å²) in [4.78, 5) is 0. The molecule has 5 nitrogen and oxygen atoms in total. The zero-order valence-corrected chi connectivity index (χ0v) is 10.7. The normalized spacial score (nSPS) is 27.4. The van der Waals surface area contributed by atoms with E-state index in [1.807, 2.05) is 6.07 Å². The number of hydrogen-bond donors (Lipinski definition) is 1. The fourth-order valence-corrected chi connectivity index (χ4v) is 2.98. The van der Waals surface area contributed by atoms with Gasteiger partial charge in [0.2, 0.25) is 0 Å². The third-order valence-corrected chi connectivity index (χ3v) is 3.85. The Kier molecular flexibility index (Phi) is 2.76. The summed E-state index contributed by atoms with van der Waals surface area (Å²) in [5, 5.41) is 9.21. The Bertz CT molecular complexity index is 589. The minimum Gasteiger partial charge on any atom is -0.372 e. The van der Waals surface area contributed by atoms with Crippen LogP contribution in [0.1, 0.15) is 11.8 Å². The van der Waals surface area contributed by atoms with Crippen molar-refractivity contribution >= 4 is 10.9 Å². The van der Waals surface area contributed by atoms with E-state index >= 15 is 0 Å². The van der Waals surface area contributed by atoms with Crippen molar-refractivity contribution in [2.75, 3.05) is 26.3 Å². The molecule has 0 aliphatic carbocycles. The van der Waals surface area contributed by atoms with E-state index in [2.05, 4.69) is 33.3 Å². The van der Waals surface area contributed by atoms with Crippen LogP contribution in [0.15, 0.2) is 24.3 Å². The van der Waals surface area contributed by atoms with Crippen molar-refractivity contribution in [1.82, 2.24) is 15.1 Å². The Morgan fingerprint density at radius 1 is 1.21 bits per heavy atom. The highest BCUT2D eigenvalue weighted by Gasteiger charge is 2.33. The number of nitrogens with one attached hydrogen (secondary N) is 1. The molecule has 2 aromatic rings. The number of hydrogen-bond acceptors (Lipinski definition) is 4. The molecule has 0 amide bonds. The maximum absolute atomic E-state index is 5.98. The van der Waals surface area contributed by atoms with Crippen LogP contribution in [0.25, 0.3) is 10.9 Å². The van der Waals surface area contributed by atoms with Gasteiger partial charge in [0.25, 0.3) is 0 Å². The second-order valence-corrected chi connectivity index (χ2v) is 5.03. The molecule has 5 heteroatoms. The first kappa shape index (κ1) is 11.4. The molecular formula is C14H17N3O2. The van der Waals surface area contributed by atoms with Gasteiger partial charge >= 0.3 is 0 Å². The number of ether oxygens (including phenoxy) is 2. The van der Waals surface area contributed by atoms with Gasteiger partial charge < -0.3 is 14.8 Å². The second-order valence-electron chi connectivity index (χ2n) is 5.03. The van der Waals surface area contributed by atoms with Gasteiger partial charge in [-0.2, -0.15) is 5.10 Å². The minimum atomic E-state index is -0.0195. The zero-order valence-electron chi connectivity index (χ0n) is 10.7. The summed E-state index contributed by atoms with van der Waals surface area (Å²) in [6.07, 6.45) is 0.0573. The van der Waals surface area contributed by atoms with Gasteiger partial charge in [-0.1, -0.05) is 18.2 Å². The average Bonchev–Trinajstić information content (AvgIpc) is 2.86. The molecule has 1 N–H and O–H groups in total. The fourth-order valence-electron chi connectivity index (χ4n) is 2.98. The van der Waals surface area contributed by atoms with Gasteiger partial charge in [-0.25, -0.2) is 0 Å². The molecule has 1 aromatic carbocycles. The number of morpholine rings is 1. The first-order valence-corrected chi connectivity index (χ1v) is 6.83. The number of rotatable bonds is 1. The van der Waals surface area contributed by atoms with Crippen LogP contribution < -0.4 is 5.32 Å². The van der Waals surface area contributed by atoms with E-state index in [-0.39, 0.29) is 12.2 Å². The lowest BCUT2D eigenvalue weighted by Crippen LogP contribution is -2.44. The molecule has 4 rings (SSSR count). The summed E-state index contributed by atoms with van der Waals surface area (Å²) in [5.41, 5.74) is 2.20. The Morgan fingerprint density at radius 2 is 2.16 bits per heavy atom. The van der Waals surface area contributed by atoms with Crippen molar-refractivity contribution in [2.24, 2.45) is 0 Å². The first-order valence-electron chi connectivity index (χ1n) is 6.83. The number of nitrogens with zero attached hydrogens (tertiary/aromatic N) is 2. The third kappa shape index (κ3) is 1.85. The van der Waals surface area contributed by atoms with E-state index in [1.165, 1.54) is 5.39 Å². The molecule has 1 fully saturated rings. The van der Waals surface area contributed by atoms with Crippen LogP contribution in [-0.2, 0) is 16.0 Å². The molecule has 1 aromatic heterocycles. The van der Waals surface area contributed by atoms with Crippen LogP contribution in [0, 0.1) is 0 Å². The predicted molar refractivity (Wildman–Crippen MR) is 71.0 cm³/mol. The van der Waals surface area contributed by atoms with Crippen LogP contribution in [0.3, 0.4) is 0 Å². The van der Waals surface area contributed by atoms with Crippen molar-refractivity contribution in [3.05, 3.63) is 30.0 Å². The summed E-state index contributed by atoms with van der Waals surface area (Å²) in [7, 11) is 0. The fraction of sp³-hybridized carbons (Fsp3) is 0.500. The van der Waals surface area contributed by atoms with E-state index < -0.39 is 0 Å². The molecule has 100 valence electrons. The highest BCUT2D eigenvalue weighted by atomic mass is 16.5. The van der Waals surface area contributed by atoms with Gasteiger partial charge in [-0.15, -0.1) is 0 Å². The van der Waals surface area contributed by atoms with Gasteiger partial charge in [-0.3, -0.25) is 4.68 Å². The number of aromatic nitrogens is 2. The molecule has 3 heterocycles. The van der Waals surface area contributed by atoms with Gasteiger partial charge in [0.1, 0.15) is 12.2 Å². The lowest BCUT2D eigenvalue weighted by atomic mass is 10.0. The van der Waals surface area contributed by atoms with E-state index in [0.717, 1.165) is 37.5 Å². The molecule has 0 radical (unpaired) electrons. The monoisotopic (exact) mass is 259 g/mol. The molecule has 0 bridgehead atoms. The lowest BCUT2D eigenvalue weighted by Gasteiger charge is -2.33. The first-order chi connectivity index (χ1) is 9.43. The van der Waals surface area contributed by atoms with Gasteiger partial charge in [0.05, 0.1) is 31.0 Å². The largest absolute Gasteiger partial charge is 0.372 e. The van der Waals surface area contributed by atoms with Crippen molar-refractivity contribution in [3.63, 3.8) is 0 Å². The average molecular weight is 259 g/mol. The van der Waals surface area contributed by atoms with Gasteiger partial charge in [-0.05, 0) is 6.07 Å². The van der Waals surface area contributed by atoms with Crippen molar-refractivity contribution in [3.8, 4) is 0 Å².